The van der Waals surface area contributed by atoms with Crippen LogP contribution in [0.5, 0.6) is 11.5 Å². The lowest BCUT2D eigenvalue weighted by molar-refractivity contribution is 0.0553. The van der Waals surface area contributed by atoms with Gasteiger partial charge in [0.05, 0.1) is 24.6 Å². The third kappa shape index (κ3) is 7.92. The predicted octanol–water partition coefficient (Wildman–Crippen LogP) is 5.79. The maximum absolute atomic E-state index is 9.97. The molecule has 1 aliphatic heterocycles. The largest absolute Gasteiger partial charge is 0.636 e. The Morgan fingerprint density at radius 1 is 0.854 bits per heavy atom. The lowest BCUT2D eigenvalue weighted by Crippen LogP contribution is -2.37. The van der Waals surface area contributed by atoms with E-state index in [9.17, 15) is 15.3 Å². The van der Waals surface area contributed by atoms with Crippen LogP contribution in [0.2, 0.25) is 0 Å². The van der Waals surface area contributed by atoms with E-state index in [0.717, 1.165) is 33.6 Å². The van der Waals surface area contributed by atoms with Gasteiger partial charge in [0.25, 0.3) is 11.9 Å². The van der Waals surface area contributed by atoms with Gasteiger partial charge >= 0.3 is 7.12 Å². The summed E-state index contributed by atoms with van der Waals surface area (Å²) in [4.78, 5) is 1.42. The SMILES string of the molecule is Cc1cc(OCCC(C)(C)O)cc(C)c1-c1cccc(COc2ccc(B3OC(O)=CN(C)/C=C(/O)O3)cc2)c1C. The number of aryl methyl sites for hydroxylation is 2. The summed E-state index contributed by atoms with van der Waals surface area (Å²) in [5, 5.41) is 29.9. The fraction of sp³-hybridized carbons (Fsp3) is 0.312. The Morgan fingerprint density at radius 3 is 2.05 bits per heavy atom. The summed E-state index contributed by atoms with van der Waals surface area (Å²) in [6, 6.07) is 17.4. The Kier molecular flexibility index (Phi) is 9.08. The highest BCUT2D eigenvalue weighted by molar-refractivity contribution is 6.61. The Bertz CT molecular complexity index is 1380. The molecule has 4 rings (SSSR count). The molecule has 0 aromatic heterocycles. The van der Waals surface area contributed by atoms with Crippen molar-refractivity contribution in [2.24, 2.45) is 0 Å². The number of hydrogen-bond donors (Lipinski definition) is 3. The predicted molar refractivity (Wildman–Crippen MR) is 160 cm³/mol. The fourth-order valence-corrected chi connectivity index (χ4v) is 4.67. The molecule has 41 heavy (non-hydrogen) atoms. The third-order valence-electron chi connectivity index (χ3n) is 6.83. The zero-order chi connectivity index (χ0) is 29.7. The highest BCUT2D eigenvalue weighted by atomic mass is 16.7. The molecule has 9 heteroatoms. The number of ether oxygens (including phenoxy) is 2. The van der Waals surface area contributed by atoms with Crippen LogP contribution in [0, 0.1) is 20.8 Å². The van der Waals surface area contributed by atoms with Crippen molar-refractivity contribution in [1.29, 1.82) is 0 Å². The molecule has 0 atom stereocenters. The van der Waals surface area contributed by atoms with Gasteiger partial charge in [0, 0.05) is 18.9 Å². The highest BCUT2D eigenvalue weighted by Gasteiger charge is 2.29. The molecule has 3 aromatic rings. The first-order valence-electron chi connectivity index (χ1n) is 13.5. The van der Waals surface area contributed by atoms with Gasteiger partial charge in [-0.25, -0.2) is 0 Å². The van der Waals surface area contributed by atoms with E-state index >= 15 is 0 Å². The minimum absolute atomic E-state index is 0.338. The molecule has 0 amide bonds. The number of rotatable bonds is 9. The van der Waals surface area contributed by atoms with Crippen LogP contribution in [-0.2, 0) is 15.9 Å². The van der Waals surface area contributed by atoms with Crippen molar-refractivity contribution in [1.82, 2.24) is 4.90 Å². The van der Waals surface area contributed by atoms with Gasteiger partial charge in [-0.15, -0.1) is 0 Å². The molecule has 0 aliphatic carbocycles. The molecule has 3 N–H and O–H groups in total. The summed E-state index contributed by atoms with van der Waals surface area (Å²) < 4.78 is 22.9. The van der Waals surface area contributed by atoms with Gasteiger partial charge in [-0.3, -0.25) is 0 Å². The summed E-state index contributed by atoms with van der Waals surface area (Å²) in [7, 11) is 0.604. The minimum Gasteiger partial charge on any atom is -0.494 e. The lowest BCUT2D eigenvalue weighted by atomic mass is 9.79. The van der Waals surface area contributed by atoms with Crippen LogP contribution in [0.15, 0.2) is 78.9 Å². The van der Waals surface area contributed by atoms with Crippen LogP contribution in [0.25, 0.3) is 11.1 Å². The first kappa shape index (κ1) is 29.7. The molecule has 0 radical (unpaired) electrons. The van der Waals surface area contributed by atoms with Crippen LogP contribution in [-0.4, -0.2) is 46.6 Å². The molecule has 3 aromatic carbocycles. The van der Waals surface area contributed by atoms with Crippen LogP contribution >= 0.6 is 0 Å². The van der Waals surface area contributed by atoms with Gasteiger partial charge in [-0.05, 0) is 92.3 Å². The van der Waals surface area contributed by atoms with E-state index in [1.54, 1.807) is 45.2 Å². The van der Waals surface area contributed by atoms with E-state index in [-0.39, 0.29) is 11.9 Å². The average Bonchev–Trinajstić information content (AvgIpc) is 2.87. The van der Waals surface area contributed by atoms with Crippen molar-refractivity contribution in [2.75, 3.05) is 13.7 Å². The smallest absolute Gasteiger partial charge is 0.494 e. The van der Waals surface area contributed by atoms with Gasteiger partial charge < -0.3 is 39.0 Å². The van der Waals surface area contributed by atoms with Crippen molar-refractivity contribution in [3.05, 3.63) is 101 Å². The van der Waals surface area contributed by atoms with E-state index < -0.39 is 12.7 Å². The van der Waals surface area contributed by atoms with E-state index in [2.05, 4.69) is 32.9 Å². The second-order valence-corrected chi connectivity index (χ2v) is 11.0. The lowest BCUT2D eigenvalue weighted by Gasteiger charge is -2.20. The monoisotopic (exact) mass is 559 g/mol. The standard InChI is InChI=1S/C32H38BNO7/c1-21-16-27(38-15-14-32(4,5)37)17-22(2)31(21)28-9-7-8-24(23(28)3)20-39-26-12-10-25(11-13-26)33-40-29(35)18-34(6)19-30(36)41-33/h7-13,16-19,35-37H,14-15,20H2,1-6H3/b29-18-,30-19?. The first-order valence-corrected chi connectivity index (χ1v) is 13.5. The number of benzene rings is 3. The maximum Gasteiger partial charge on any atom is 0.636 e. The second kappa shape index (κ2) is 12.5. The molecule has 0 bridgehead atoms. The number of aliphatic hydroxyl groups excluding tert-OH is 2. The number of aliphatic hydroxyl groups is 3. The van der Waals surface area contributed by atoms with Crippen LogP contribution in [0.4, 0.5) is 0 Å². The molecular weight excluding hydrogens is 521 g/mol. The van der Waals surface area contributed by atoms with Gasteiger partial charge in [0.15, 0.2) is 0 Å². The van der Waals surface area contributed by atoms with Crippen LogP contribution < -0.4 is 14.9 Å². The Balaban J connectivity index is 1.45. The summed E-state index contributed by atoms with van der Waals surface area (Å²) >= 11 is 0. The summed E-state index contributed by atoms with van der Waals surface area (Å²) in [5.41, 5.74) is 6.59. The molecule has 1 heterocycles. The molecule has 0 saturated heterocycles. The van der Waals surface area contributed by atoms with E-state index in [0.29, 0.717) is 30.8 Å². The van der Waals surface area contributed by atoms with Crippen LogP contribution in [0.3, 0.4) is 0 Å². The summed E-state index contributed by atoms with van der Waals surface area (Å²) in [5.74, 6) is 0.780. The zero-order valence-electron chi connectivity index (χ0n) is 24.5. The molecular formula is C32H38BNO7. The quantitative estimate of drug-likeness (QED) is 0.284. The van der Waals surface area contributed by atoms with Crippen molar-refractivity contribution in [3.8, 4) is 22.6 Å². The van der Waals surface area contributed by atoms with Crippen molar-refractivity contribution < 1.29 is 34.1 Å². The Labute approximate surface area is 242 Å². The van der Waals surface area contributed by atoms with E-state index in [1.807, 2.05) is 18.2 Å². The van der Waals surface area contributed by atoms with E-state index in [4.69, 9.17) is 18.8 Å². The van der Waals surface area contributed by atoms with Crippen molar-refractivity contribution in [2.45, 2.75) is 53.2 Å². The topological polar surface area (TPSA) is 101 Å². The summed E-state index contributed by atoms with van der Waals surface area (Å²) in [6.07, 6.45) is 3.20. The number of hydrogen-bond acceptors (Lipinski definition) is 8. The first-order chi connectivity index (χ1) is 19.4. The van der Waals surface area contributed by atoms with Gasteiger partial charge in [-0.1, -0.05) is 30.3 Å². The molecule has 8 nitrogen and oxygen atoms in total. The van der Waals surface area contributed by atoms with E-state index in [1.165, 1.54) is 22.9 Å². The normalized spacial score (nSPS) is 15.1. The molecule has 0 saturated carbocycles. The Hall–Kier alpha value is -4.24. The molecule has 216 valence electrons. The van der Waals surface area contributed by atoms with Gasteiger partial charge in [0.2, 0.25) is 0 Å². The van der Waals surface area contributed by atoms with Gasteiger partial charge in [0.1, 0.15) is 18.1 Å². The minimum atomic E-state index is -1.02. The van der Waals surface area contributed by atoms with Gasteiger partial charge in [-0.2, -0.15) is 0 Å². The molecule has 0 unspecified atom stereocenters. The molecule has 0 fully saturated rings. The Morgan fingerprint density at radius 2 is 1.46 bits per heavy atom. The average molecular weight is 559 g/mol. The highest BCUT2D eigenvalue weighted by Crippen LogP contribution is 2.34. The molecule has 0 spiro atoms. The fourth-order valence-electron chi connectivity index (χ4n) is 4.67. The third-order valence-corrected chi connectivity index (χ3v) is 6.83. The van der Waals surface area contributed by atoms with Crippen molar-refractivity contribution >= 4 is 12.6 Å². The second-order valence-electron chi connectivity index (χ2n) is 11.0. The van der Waals surface area contributed by atoms with Crippen molar-refractivity contribution in [3.63, 3.8) is 0 Å². The number of nitrogens with zero attached hydrogens (tertiary/aromatic N) is 1. The summed E-state index contributed by atoms with van der Waals surface area (Å²) in [6.45, 7) is 10.7. The molecule has 1 aliphatic rings. The van der Waals surface area contributed by atoms with Crippen LogP contribution in [0.1, 0.15) is 42.5 Å². The zero-order valence-corrected chi connectivity index (χ0v) is 24.5. The maximum atomic E-state index is 9.97.